The minimum Gasteiger partial charge on any atom is -0.302 e. The molecule has 0 fully saturated rings. The van der Waals surface area contributed by atoms with Gasteiger partial charge in [-0.1, -0.05) is 23.3 Å². The van der Waals surface area contributed by atoms with Crippen molar-refractivity contribution in [3.8, 4) is 0 Å². The molecule has 2 rings (SSSR count). The van der Waals surface area contributed by atoms with Crippen LogP contribution in [0.15, 0.2) is 30.0 Å². The first-order valence-electron chi connectivity index (χ1n) is 7.80. The second-order valence-corrected chi connectivity index (χ2v) is 10.2. The lowest BCUT2D eigenvalue weighted by Gasteiger charge is -2.24. The Kier molecular flexibility index (Phi) is 8.18. The third kappa shape index (κ3) is 6.21. The molecule has 0 bridgehead atoms. The number of rotatable bonds is 3. The van der Waals surface area contributed by atoms with Gasteiger partial charge in [0.1, 0.15) is 0 Å². The van der Waals surface area contributed by atoms with Crippen LogP contribution in [0, 0.1) is 0 Å². The molecule has 2 heterocycles. The molecule has 172 valence electrons. The third-order valence-corrected chi connectivity index (χ3v) is 7.38. The van der Waals surface area contributed by atoms with E-state index in [2.05, 4.69) is 29.9 Å². The molecule has 0 spiro atoms. The standard InChI is InChI=1S/C7H3ClF6N2O4S2.C7H13N/c8-4-1-2-5(15-3-4)16(21(17,18)6(9,10)11)22(19,20)7(12,13)14;1-7-3-5-8(2)6-4-7/h1-3H;3H,4-6H2,1-2H3. The maximum absolute atomic E-state index is 12.5. The minimum absolute atomic E-state index is 0.273. The number of aromatic nitrogens is 1. The molecule has 7 nitrogen and oxygen atoms in total. The average Bonchev–Trinajstić information content (AvgIpc) is 2.58. The molecule has 30 heavy (non-hydrogen) atoms. The maximum Gasteiger partial charge on any atom is 0.517 e. The van der Waals surface area contributed by atoms with Gasteiger partial charge in [0, 0.05) is 19.3 Å². The van der Waals surface area contributed by atoms with Crippen LogP contribution in [0.5, 0.6) is 0 Å². The van der Waals surface area contributed by atoms with Crippen molar-refractivity contribution in [3.63, 3.8) is 0 Å². The van der Waals surface area contributed by atoms with Gasteiger partial charge in [0.05, 0.1) is 5.02 Å². The highest BCUT2D eigenvalue weighted by molar-refractivity contribution is 8.11. The zero-order valence-corrected chi connectivity index (χ0v) is 17.8. The molecule has 0 N–H and O–H groups in total. The zero-order valence-electron chi connectivity index (χ0n) is 15.4. The lowest BCUT2D eigenvalue weighted by Crippen LogP contribution is -2.49. The van der Waals surface area contributed by atoms with Crippen molar-refractivity contribution in [3.05, 3.63) is 35.0 Å². The highest BCUT2D eigenvalue weighted by Gasteiger charge is 2.62. The number of nitrogens with zero attached hydrogens (tertiary/aromatic N) is 3. The second kappa shape index (κ2) is 9.28. The Morgan fingerprint density at radius 3 is 1.83 bits per heavy atom. The Labute approximate surface area is 174 Å². The fourth-order valence-corrected chi connectivity index (χ4v) is 4.65. The van der Waals surface area contributed by atoms with Crippen molar-refractivity contribution >= 4 is 37.5 Å². The Bertz CT molecular complexity index is 932. The van der Waals surface area contributed by atoms with E-state index in [1.807, 2.05) is 0 Å². The van der Waals surface area contributed by atoms with Gasteiger partial charge in [-0.05, 0) is 32.5 Å². The molecule has 1 aliphatic heterocycles. The van der Waals surface area contributed by atoms with E-state index in [0.29, 0.717) is 12.3 Å². The van der Waals surface area contributed by atoms with E-state index >= 15 is 0 Å². The summed E-state index contributed by atoms with van der Waals surface area (Å²) in [6.45, 7) is 4.58. The first-order valence-corrected chi connectivity index (χ1v) is 11.1. The molecule has 0 saturated heterocycles. The largest absolute Gasteiger partial charge is 0.517 e. The van der Waals surface area contributed by atoms with Crippen LogP contribution in [0.1, 0.15) is 13.3 Å². The van der Waals surface area contributed by atoms with Crippen molar-refractivity contribution in [2.75, 3.05) is 23.8 Å². The molecule has 0 aliphatic carbocycles. The van der Waals surface area contributed by atoms with Crippen LogP contribution in [0.3, 0.4) is 0 Å². The van der Waals surface area contributed by atoms with Crippen LogP contribution in [-0.4, -0.2) is 57.9 Å². The van der Waals surface area contributed by atoms with Gasteiger partial charge < -0.3 is 4.90 Å². The van der Waals surface area contributed by atoms with Gasteiger partial charge in [-0.3, -0.25) is 0 Å². The van der Waals surface area contributed by atoms with Gasteiger partial charge in [0.2, 0.25) is 0 Å². The Balaban J connectivity index is 0.000000467. The third-order valence-electron chi connectivity index (χ3n) is 3.56. The molecule has 1 aromatic rings. The molecule has 0 aromatic carbocycles. The number of hydrogen-bond acceptors (Lipinski definition) is 6. The fourth-order valence-electron chi connectivity index (χ4n) is 1.91. The van der Waals surface area contributed by atoms with Crippen LogP contribution in [0.4, 0.5) is 32.2 Å². The number of anilines is 1. The van der Waals surface area contributed by atoms with Gasteiger partial charge in [-0.15, -0.1) is 3.71 Å². The van der Waals surface area contributed by atoms with Crippen LogP contribution in [0.2, 0.25) is 5.02 Å². The van der Waals surface area contributed by atoms with Crippen molar-refractivity contribution < 1.29 is 43.2 Å². The molecule has 0 saturated carbocycles. The summed E-state index contributed by atoms with van der Waals surface area (Å²) in [6, 6.07) is 0.934. The highest BCUT2D eigenvalue weighted by atomic mass is 35.5. The minimum atomic E-state index is -6.93. The molecule has 0 amide bonds. The fraction of sp³-hybridized carbons (Fsp3) is 0.500. The number of hydrogen-bond donors (Lipinski definition) is 0. The summed E-state index contributed by atoms with van der Waals surface area (Å²) in [4.78, 5) is 5.20. The van der Waals surface area contributed by atoms with Gasteiger partial charge in [-0.2, -0.15) is 43.2 Å². The smallest absolute Gasteiger partial charge is 0.302 e. The highest BCUT2D eigenvalue weighted by Crippen LogP contribution is 2.37. The van der Waals surface area contributed by atoms with Gasteiger partial charge in [0.15, 0.2) is 5.82 Å². The van der Waals surface area contributed by atoms with Crippen LogP contribution in [-0.2, 0) is 20.0 Å². The van der Waals surface area contributed by atoms with E-state index in [-0.39, 0.29) is 11.1 Å². The number of halogens is 7. The molecular formula is C14H16ClF6N3O4S2. The monoisotopic (exact) mass is 503 g/mol. The SMILES string of the molecule is CC1=CCN(C)CC1.O=S(=O)(N(c1ccc(Cl)cn1)S(=O)(=O)C(F)(F)F)C(F)(F)F. The van der Waals surface area contributed by atoms with Crippen LogP contribution >= 0.6 is 11.6 Å². The molecule has 0 radical (unpaired) electrons. The van der Waals surface area contributed by atoms with Gasteiger partial charge in [-0.25, -0.2) is 4.98 Å². The van der Waals surface area contributed by atoms with E-state index in [1.54, 1.807) is 5.57 Å². The van der Waals surface area contributed by atoms with Crippen molar-refractivity contribution in [2.45, 2.75) is 24.4 Å². The van der Waals surface area contributed by atoms with E-state index in [0.717, 1.165) is 6.54 Å². The first kappa shape index (κ1) is 26.5. The Morgan fingerprint density at radius 2 is 1.53 bits per heavy atom. The number of alkyl halides is 6. The summed E-state index contributed by atoms with van der Waals surface area (Å²) in [5, 5.41) is -0.280. The molecule has 1 aliphatic rings. The van der Waals surface area contributed by atoms with Crippen molar-refractivity contribution in [2.24, 2.45) is 0 Å². The maximum atomic E-state index is 12.5. The molecular weight excluding hydrogens is 488 g/mol. The predicted octanol–water partition coefficient (Wildman–Crippen LogP) is 3.51. The number of likely N-dealkylation sites (N-methyl/N-ethyl adjacent to an activating group) is 1. The quantitative estimate of drug-likeness (QED) is 0.463. The van der Waals surface area contributed by atoms with E-state index in [4.69, 9.17) is 11.6 Å². The molecule has 0 unspecified atom stereocenters. The Hall–Kier alpha value is -1.58. The zero-order chi connectivity index (χ0) is 23.5. The summed E-state index contributed by atoms with van der Waals surface area (Å²) >= 11 is 5.30. The molecule has 1 aromatic heterocycles. The van der Waals surface area contributed by atoms with Gasteiger partial charge in [0.25, 0.3) is 0 Å². The van der Waals surface area contributed by atoms with E-state index < -0.39 is 40.6 Å². The predicted molar refractivity (Wildman–Crippen MR) is 97.5 cm³/mol. The van der Waals surface area contributed by atoms with Gasteiger partial charge >= 0.3 is 31.1 Å². The normalized spacial score (nSPS) is 16.4. The average molecular weight is 504 g/mol. The second-order valence-electron chi connectivity index (χ2n) is 6.00. The van der Waals surface area contributed by atoms with Crippen molar-refractivity contribution in [1.82, 2.24) is 9.88 Å². The summed E-state index contributed by atoms with van der Waals surface area (Å²) in [6.07, 6.45) is 4.03. The van der Waals surface area contributed by atoms with E-state index in [1.165, 1.54) is 13.0 Å². The lowest BCUT2D eigenvalue weighted by atomic mass is 10.1. The number of sulfonamides is 2. The molecule has 0 atom stereocenters. The summed E-state index contributed by atoms with van der Waals surface area (Å²) in [5.41, 5.74) is -11.1. The van der Waals surface area contributed by atoms with E-state index in [9.17, 15) is 43.2 Å². The summed E-state index contributed by atoms with van der Waals surface area (Å²) in [5.74, 6) is -1.64. The lowest BCUT2D eigenvalue weighted by molar-refractivity contribution is -0.0462. The summed E-state index contributed by atoms with van der Waals surface area (Å²) < 4.78 is 118. The topological polar surface area (TPSA) is 87.7 Å². The number of pyridine rings is 1. The summed E-state index contributed by atoms with van der Waals surface area (Å²) in [7, 11) is -11.7. The van der Waals surface area contributed by atoms with Crippen LogP contribution < -0.4 is 3.71 Å². The first-order chi connectivity index (χ1) is 13.4. The van der Waals surface area contributed by atoms with Crippen molar-refractivity contribution in [1.29, 1.82) is 0 Å². The Morgan fingerprint density at radius 1 is 1.03 bits per heavy atom. The molecule has 16 heteroatoms. The van der Waals surface area contributed by atoms with Crippen LogP contribution in [0.25, 0.3) is 0 Å².